The number of nitrogens with one attached hydrogen (secondary N) is 1. The van der Waals surface area contributed by atoms with E-state index in [1.54, 1.807) is 0 Å². The Morgan fingerprint density at radius 1 is 0.567 bits per heavy atom. The molecule has 10 nitrogen and oxygen atoms in total. The number of aliphatic hydroxyl groups excluding tert-OH is 6. The zero-order valence-electron chi connectivity index (χ0n) is 38.5. The third kappa shape index (κ3) is 30.9. The van der Waals surface area contributed by atoms with E-state index < -0.39 is 55.6 Å². The third-order valence-electron chi connectivity index (χ3n) is 12.6. The molecular weight excluding hydrogens is 873 g/mol. The summed E-state index contributed by atoms with van der Waals surface area (Å²) in [5.74, 6) is -0.252. The highest BCUT2D eigenvalue weighted by Gasteiger charge is 2.44. The van der Waals surface area contributed by atoms with E-state index in [-0.39, 0.29) is 18.9 Å². The number of hydrogen-bond donors (Lipinski definition) is 7. The van der Waals surface area contributed by atoms with E-state index in [1.807, 2.05) is 0 Å². The number of carbonyl (C=O) groups excluding carboxylic acids is 1. The molecule has 1 rings (SSSR count). The van der Waals surface area contributed by atoms with Crippen LogP contribution in [0.3, 0.4) is 0 Å². The summed E-state index contributed by atoms with van der Waals surface area (Å²) in [5, 5.41) is 65.3. The lowest BCUT2D eigenvalue weighted by Gasteiger charge is -2.40. The predicted octanol–water partition coefficient (Wildman–Crippen LogP) is 10.5. The van der Waals surface area contributed by atoms with Crippen molar-refractivity contribution >= 4 is 28.5 Å². The van der Waals surface area contributed by atoms with Crippen molar-refractivity contribution in [2.24, 2.45) is 0 Å². The summed E-state index contributed by atoms with van der Waals surface area (Å²) in [6.45, 7) is 1.35. The van der Waals surface area contributed by atoms with Crippen LogP contribution in [0.1, 0.15) is 238 Å². The molecule has 1 saturated heterocycles. The van der Waals surface area contributed by atoms with Crippen molar-refractivity contribution in [2.75, 3.05) is 17.6 Å². The van der Waals surface area contributed by atoms with Gasteiger partial charge >= 0.3 is 0 Å². The van der Waals surface area contributed by atoms with Gasteiger partial charge in [0.15, 0.2) is 6.29 Å². The van der Waals surface area contributed by atoms with Gasteiger partial charge in [-0.1, -0.05) is 235 Å². The van der Waals surface area contributed by atoms with Gasteiger partial charge in [-0.25, -0.2) is 0 Å². The third-order valence-corrected chi connectivity index (χ3v) is 13.3. The van der Waals surface area contributed by atoms with Gasteiger partial charge in [0.1, 0.15) is 30.5 Å². The Hall–Kier alpha value is -0.120. The van der Waals surface area contributed by atoms with Gasteiger partial charge in [-0.15, -0.1) is 0 Å². The lowest BCUT2D eigenvalue weighted by molar-refractivity contribution is -0.303. The Kier molecular flexibility index (Phi) is 40.1. The average molecular weight is 970 g/mol. The smallest absolute Gasteiger partial charge is 0.220 e. The summed E-state index contributed by atoms with van der Waals surface area (Å²) in [5.41, 5.74) is 0. The lowest BCUT2D eigenvalue weighted by Crippen LogP contribution is -2.60. The van der Waals surface area contributed by atoms with Crippen LogP contribution in [0.4, 0.5) is 0 Å². The van der Waals surface area contributed by atoms with E-state index in [0.29, 0.717) is 6.42 Å². The molecule has 0 radical (unpaired) electrons. The summed E-state index contributed by atoms with van der Waals surface area (Å²) >= 11 is 2.48. The Bertz CT molecular complexity index is 933. The number of halogens is 1. The molecule has 1 fully saturated rings. The van der Waals surface area contributed by atoms with Crippen molar-refractivity contribution in [2.45, 2.75) is 287 Å². The van der Waals surface area contributed by atoms with Gasteiger partial charge in [-0.05, 0) is 23.7 Å². The van der Waals surface area contributed by atoms with Crippen LogP contribution in [0.25, 0.3) is 0 Å². The summed E-state index contributed by atoms with van der Waals surface area (Å²) in [6.07, 6.45) is 34.1. The van der Waals surface area contributed by atoms with Crippen LogP contribution in [0.2, 0.25) is 0 Å². The maximum Gasteiger partial charge on any atom is 0.220 e. The van der Waals surface area contributed by atoms with Crippen molar-refractivity contribution in [3.8, 4) is 0 Å². The minimum Gasteiger partial charge on any atom is -0.394 e. The van der Waals surface area contributed by atoms with E-state index in [1.165, 1.54) is 184 Å². The highest BCUT2D eigenvalue weighted by Crippen LogP contribution is 2.23. The second-order valence-electron chi connectivity index (χ2n) is 18.2. The monoisotopic (exact) mass is 970 g/mol. The molecule has 0 saturated carbocycles. The van der Waals surface area contributed by atoms with Gasteiger partial charge in [0.2, 0.25) is 5.91 Å². The first-order chi connectivity index (χ1) is 29.3. The fourth-order valence-corrected chi connectivity index (χ4v) is 9.00. The van der Waals surface area contributed by atoms with E-state index in [9.17, 15) is 35.4 Å². The number of amides is 1. The molecule has 8 atom stereocenters. The molecule has 7 N–H and O–H groups in total. The first-order valence-electron chi connectivity index (χ1n) is 25.4. The van der Waals surface area contributed by atoms with E-state index >= 15 is 0 Å². The van der Waals surface area contributed by atoms with Crippen LogP contribution in [-0.4, -0.2) is 103 Å². The van der Waals surface area contributed by atoms with Crippen LogP contribution >= 0.6 is 22.6 Å². The molecule has 0 spiro atoms. The minimum atomic E-state index is -1.60. The first kappa shape index (κ1) is 57.9. The summed E-state index contributed by atoms with van der Waals surface area (Å²) in [7, 11) is 0. The van der Waals surface area contributed by atoms with Gasteiger partial charge in [0, 0.05) is 6.42 Å². The van der Waals surface area contributed by atoms with Gasteiger partial charge in [0.05, 0.1) is 25.4 Å². The molecule has 11 heteroatoms. The Morgan fingerprint density at radius 2 is 0.950 bits per heavy atom. The fraction of sp³-hybridized carbons (Fsp3) is 0.980. The number of rotatable bonds is 44. The van der Waals surface area contributed by atoms with Crippen molar-refractivity contribution in [1.29, 1.82) is 0 Å². The highest BCUT2D eigenvalue weighted by molar-refractivity contribution is 14.1. The van der Waals surface area contributed by atoms with E-state index in [4.69, 9.17) is 9.47 Å². The minimum absolute atomic E-state index is 0.252. The number of hydrogen-bond acceptors (Lipinski definition) is 9. The Labute approximate surface area is 381 Å². The van der Waals surface area contributed by atoms with Crippen LogP contribution in [0, 0.1) is 0 Å². The molecule has 0 aromatic carbocycles. The van der Waals surface area contributed by atoms with Crippen LogP contribution in [0.15, 0.2) is 0 Å². The molecule has 1 heterocycles. The fourth-order valence-electron chi connectivity index (χ4n) is 8.46. The molecule has 0 aromatic rings. The average Bonchev–Trinajstić information content (AvgIpc) is 3.25. The van der Waals surface area contributed by atoms with Crippen molar-refractivity contribution < 1.29 is 44.9 Å². The molecule has 358 valence electrons. The molecule has 0 aliphatic carbocycles. The highest BCUT2D eigenvalue weighted by atomic mass is 127. The second-order valence-corrected chi connectivity index (χ2v) is 19.2. The topological polar surface area (TPSA) is 169 Å². The van der Waals surface area contributed by atoms with Crippen LogP contribution < -0.4 is 5.32 Å². The quantitative estimate of drug-likeness (QED) is 0.0179. The first-order valence-corrected chi connectivity index (χ1v) is 26.9. The SMILES string of the molecule is CCCCCCCCCCCCCC[C@@H](O)[C@@H](O)[C@H](COC1OC(CO)C(O)C(O)C1O)NC(=O)CCCCCCCCCCCCCCCCCCCCCCCCI. The maximum absolute atomic E-state index is 13.0. The molecule has 60 heavy (non-hydrogen) atoms. The number of aliphatic hydroxyl groups is 6. The number of ether oxygens (including phenoxy) is 2. The van der Waals surface area contributed by atoms with Crippen molar-refractivity contribution in [1.82, 2.24) is 5.32 Å². The molecular formula is C49H96INO9. The zero-order chi connectivity index (χ0) is 43.9. The summed E-state index contributed by atoms with van der Waals surface area (Å²) in [6, 6.07) is -0.985. The number of alkyl halides is 1. The van der Waals surface area contributed by atoms with Crippen LogP contribution in [0.5, 0.6) is 0 Å². The Balaban J connectivity index is 2.26. The second kappa shape index (κ2) is 41.6. The molecule has 1 amide bonds. The standard InChI is InChI=1S/C49H96INO9/c1-2-3-4-5-6-7-8-21-24-27-30-33-36-42(53)45(55)41(40-59-49-48(58)47(57)46(56)43(39-52)60-49)51-44(54)37-34-31-28-25-22-19-17-15-13-11-9-10-12-14-16-18-20-23-26-29-32-35-38-50/h41-43,45-49,52-53,55-58H,2-40H2,1H3,(H,51,54)/t41-,42+,43?,45-,46?,47?,48?,49?/m0/s1. The largest absolute Gasteiger partial charge is 0.394 e. The van der Waals surface area contributed by atoms with Gasteiger partial charge in [-0.2, -0.15) is 0 Å². The molecule has 1 aliphatic rings. The molecule has 0 aromatic heterocycles. The maximum atomic E-state index is 13.0. The predicted molar refractivity (Wildman–Crippen MR) is 254 cm³/mol. The zero-order valence-corrected chi connectivity index (χ0v) is 40.6. The van der Waals surface area contributed by atoms with E-state index in [2.05, 4.69) is 34.8 Å². The Morgan fingerprint density at radius 3 is 1.35 bits per heavy atom. The van der Waals surface area contributed by atoms with Gasteiger partial charge in [0.25, 0.3) is 0 Å². The number of unbranched alkanes of at least 4 members (excludes halogenated alkanes) is 32. The van der Waals surface area contributed by atoms with Gasteiger partial charge < -0.3 is 45.4 Å². The van der Waals surface area contributed by atoms with Crippen molar-refractivity contribution in [3.63, 3.8) is 0 Å². The van der Waals surface area contributed by atoms with Crippen molar-refractivity contribution in [3.05, 3.63) is 0 Å². The summed E-state index contributed by atoms with van der Waals surface area (Å²) in [4.78, 5) is 13.0. The normalized spacial score (nSPS) is 21.0. The van der Waals surface area contributed by atoms with Gasteiger partial charge in [-0.3, -0.25) is 4.79 Å². The molecule has 1 aliphatic heterocycles. The molecule has 5 unspecified atom stereocenters. The summed E-state index contributed by atoms with van der Waals surface area (Å²) < 4.78 is 12.5. The van der Waals surface area contributed by atoms with Crippen LogP contribution in [-0.2, 0) is 14.3 Å². The lowest BCUT2D eigenvalue weighted by atomic mass is 9.98. The number of carbonyl (C=O) groups is 1. The molecule has 0 bridgehead atoms. The van der Waals surface area contributed by atoms with E-state index in [0.717, 1.165) is 38.5 Å².